The summed E-state index contributed by atoms with van der Waals surface area (Å²) in [5.41, 5.74) is 2.45. The van der Waals surface area contributed by atoms with Crippen molar-refractivity contribution in [2.75, 3.05) is 0 Å². The maximum atomic E-state index is 13.1. The summed E-state index contributed by atoms with van der Waals surface area (Å²) in [6.45, 7) is 5.64. The summed E-state index contributed by atoms with van der Waals surface area (Å²) in [7, 11) is 0. The Bertz CT molecular complexity index is 944. The zero-order valence-electron chi connectivity index (χ0n) is 15.1. The van der Waals surface area contributed by atoms with Gasteiger partial charge in [-0.3, -0.25) is 4.79 Å². The normalized spacial score (nSPS) is 27.9. The molecular weight excluding hydrogens is 348 g/mol. The zero-order chi connectivity index (χ0) is 18.7. The van der Waals surface area contributed by atoms with Crippen molar-refractivity contribution in [1.82, 2.24) is 0 Å². The highest BCUT2D eigenvalue weighted by molar-refractivity contribution is 6.30. The van der Waals surface area contributed by atoms with Crippen molar-refractivity contribution < 1.29 is 14.6 Å². The van der Waals surface area contributed by atoms with Gasteiger partial charge in [0.15, 0.2) is 5.78 Å². The maximum Gasteiger partial charge on any atom is 0.198 e. The van der Waals surface area contributed by atoms with Gasteiger partial charge < -0.3 is 9.84 Å². The van der Waals surface area contributed by atoms with Crippen LogP contribution in [0.1, 0.15) is 37.8 Å². The Hall–Kier alpha value is -2.10. The Morgan fingerprint density at radius 3 is 2.31 bits per heavy atom. The molecule has 0 spiro atoms. The van der Waals surface area contributed by atoms with Crippen LogP contribution in [-0.4, -0.2) is 22.1 Å². The average Bonchev–Trinajstić information content (AvgIpc) is 2.91. The summed E-state index contributed by atoms with van der Waals surface area (Å²) in [4.78, 5) is 13.1. The molecule has 1 N–H and O–H groups in total. The summed E-state index contributed by atoms with van der Waals surface area (Å²) in [5.74, 6) is -0.0878. The first-order valence-corrected chi connectivity index (χ1v) is 9.17. The number of rotatable bonds is 2. The van der Waals surface area contributed by atoms with Gasteiger partial charge in [0.05, 0.1) is 5.57 Å². The van der Waals surface area contributed by atoms with Gasteiger partial charge in [-0.05, 0) is 74.1 Å². The van der Waals surface area contributed by atoms with Crippen LogP contribution in [-0.2, 0) is 9.53 Å². The molecule has 0 saturated carbocycles. The largest absolute Gasteiger partial charge is 0.508 e. The van der Waals surface area contributed by atoms with Gasteiger partial charge >= 0.3 is 0 Å². The summed E-state index contributed by atoms with van der Waals surface area (Å²) in [5, 5.41) is 11.6. The Kier molecular flexibility index (Phi) is 3.80. The van der Waals surface area contributed by atoms with E-state index in [1.165, 1.54) is 0 Å². The number of carbonyl (C=O) groups excluding carboxylic acids is 1. The molecule has 2 heterocycles. The van der Waals surface area contributed by atoms with E-state index in [1.54, 1.807) is 0 Å². The van der Waals surface area contributed by atoms with Crippen molar-refractivity contribution in [2.24, 2.45) is 0 Å². The van der Waals surface area contributed by atoms with Crippen molar-refractivity contribution in [3.8, 4) is 11.1 Å². The highest BCUT2D eigenvalue weighted by atomic mass is 35.5. The molecule has 0 amide bonds. The number of ether oxygens (including phenoxy) is 1. The van der Waals surface area contributed by atoms with Gasteiger partial charge in [-0.25, -0.2) is 0 Å². The number of fused-ring (bicyclic) bond motifs is 2. The summed E-state index contributed by atoms with van der Waals surface area (Å²) < 4.78 is 5.94. The topological polar surface area (TPSA) is 46.5 Å². The Labute approximate surface area is 158 Å². The van der Waals surface area contributed by atoms with Gasteiger partial charge in [-0.2, -0.15) is 0 Å². The van der Waals surface area contributed by atoms with Crippen molar-refractivity contribution >= 4 is 23.0 Å². The molecule has 2 aromatic carbocycles. The first kappa shape index (κ1) is 17.3. The lowest BCUT2D eigenvalue weighted by Crippen LogP contribution is -2.45. The number of Topliss-reactive ketones (excluding diaryl/α,β-unsaturated/α-hetero) is 1. The lowest BCUT2D eigenvalue weighted by Gasteiger charge is -2.36. The van der Waals surface area contributed by atoms with Gasteiger partial charge in [-0.1, -0.05) is 35.9 Å². The third-order valence-electron chi connectivity index (χ3n) is 5.66. The fourth-order valence-corrected chi connectivity index (χ4v) is 4.13. The van der Waals surface area contributed by atoms with Crippen molar-refractivity contribution in [3.05, 3.63) is 64.4 Å². The van der Waals surface area contributed by atoms with E-state index in [4.69, 9.17) is 16.3 Å². The molecule has 4 rings (SSSR count). The zero-order valence-corrected chi connectivity index (χ0v) is 15.9. The van der Waals surface area contributed by atoms with Gasteiger partial charge in [0, 0.05) is 5.02 Å². The molecule has 4 heteroatoms. The SMILES string of the molecule is Cc1ccc(-c2ccc(Cl)cc2)cc1C1=C(O)[C@]2(C)CC[C@@](C)(O2)C1=O. The van der Waals surface area contributed by atoms with Crippen LogP contribution < -0.4 is 0 Å². The maximum absolute atomic E-state index is 13.1. The molecule has 0 aromatic heterocycles. The highest BCUT2D eigenvalue weighted by Crippen LogP contribution is 2.50. The lowest BCUT2D eigenvalue weighted by atomic mass is 9.84. The van der Waals surface area contributed by atoms with Crippen molar-refractivity contribution in [2.45, 2.75) is 44.8 Å². The van der Waals surface area contributed by atoms with Crippen LogP contribution in [0.4, 0.5) is 0 Å². The Morgan fingerprint density at radius 2 is 1.62 bits per heavy atom. The highest BCUT2D eigenvalue weighted by Gasteiger charge is 2.57. The van der Waals surface area contributed by atoms with E-state index in [2.05, 4.69) is 0 Å². The van der Waals surface area contributed by atoms with E-state index in [0.717, 1.165) is 22.3 Å². The van der Waals surface area contributed by atoms with Crippen molar-refractivity contribution in [1.29, 1.82) is 0 Å². The molecule has 2 atom stereocenters. The van der Waals surface area contributed by atoms with Crippen LogP contribution in [0, 0.1) is 6.92 Å². The molecule has 1 fully saturated rings. The molecule has 2 aliphatic rings. The second-order valence-corrected chi connectivity index (χ2v) is 8.09. The molecule has 3 nitrogen and oxygen atoms in total. The monoisotopic (exact) mass is 368 g/mol. The number of benzene rings is 2. The molecule has 26 heavy (non-hydrogen) atoms. The minimum absolute atomic E-state index is 0.0498. The number of halogens is 1. The first-order chi connectivity index (χ1) is 12.2. The molecule has 134 valence electrons. The molecule has 0 aliphatic carbocycles. The number of ketones is 1. The van der Waals surface area contributed by atoms with E-state index in [0.29, 0.717) is 23.4 Å². The smallest absolute Gasteiger partial charge is 0.198 e. The summed E-state index contributed by atoms with van der Waals surface area (Å²) >= 11 is 5.99. The lowest BCUT2D eigenvalue weighted by molar-refractivity contribution is -0.146. The standard InChI is InChI=1S/C22H21ClO3/c1-13-4-5-15(14-6-8-16(23)9-7-14)12-17(13)18-19(24)21(2)10-11-22(3,26-21)20(18)25/h4-9,12,24H,10-11H2,1-3H3/t21-,22+/m0/s1. The number of aliphatic hydroxyl groups is 1. The predicted molar refractivity (Wildman–Crippen MR) is 103 cm³/mol. The van der Waals surface area contributed by atoms with Crippen LogP contribution in [0.15, 0.2) is 48.2 Å². The van der Waals surface area contributed by atoms with Gasteiger partial charge in [0.1, 0.15) is 17.0 Å². The number of aryl methyl sites for hydroxylation is 1. The quantitative estimate of drug-likeness (QED) is 0.761. The second kappa shape index (κ2) is 5.70. The molecule has 1 saturated heterocycles. The number of hydrogen-bond donors (Lipinski definition) is 1. The summed E-state index contributed by atoms with van der Waals surface area (Å²) in [6.07, 6.45) is 1.26. The van der Waals surface area contributed by atoms with Crippen LogP contribution in [0.2, 0.25) is 5.02 Å². The molecular formula is C22H21ClO3. The third kappa shape index (κ3) is 2.50. The van der Waals surface area contributed by atoms with E-state index < -0.39 is 11.2 Å². The fraction of sp³-hybridized carbons (Fsp3) is 0.318. The minimum Gasteiger partial charge on any atom is -0.508 e. The Morgan fingerprint density at radius 1 is 1.00 bits per heavy atom. The van der Waals surface area contributed by atoms with E-state index in [1.807, 2.05) is 63.2 Å². The number of hydrogen-bond acceptors (Lipinski definition) is 3. The minimum atomic E-state index is -0.862. The van der Waals surface area contributed by atoms with Crippen LogP contribution in [0.5, 0.6) is 0 Å². The number of aliphatic hydroxyl groups excluding tert-OH is 1. The Balaban J connectivity index is 1.89. The van der Waals surface area contributed by atoms with Crippen LogP contribution in [0.3, 0.4) is 0 Å². The van der Waals surface area contributed by atoms with E-state index in [9.17, 15) is 9.90 Å². The molecule has 0 radical (unpaired) electrons. The predicted octanol–water partition coefficient (Wildman–Crippen LogP) is 5.50. The van der Waals surface area contributed by atoms with Gasteiger partial charge in [-0.15, -0.1) is 0 Å². The molecule has 0 unspecified atom stereocenters. The summed E-state index contributed by atoms with van der Waals surface area (Å²) in [6, 6.07) is 13.5. The molecule has 2 aromatic rings. The molecule has 2 bridgehead atoms. The molecule has 2 aliphatic heterocycles. The van der Waals surface area contributed by atoms with Crippen molar-refractivity contribution in [3.63, 3.8) is 0 Å². The average molecular weight is 369 g/mol. The first-order valence-electron chi connectivity index (χ1n) is 8.79. The van der Waals surface area contributed by atoms with E-state index in [-0.39, 0.29) is 11.5 Å². The van der Waals surface area contributed by atoms with Crippen LogP contribution in [0.25, 0.3) is 16.7 Å². The fourth-order valence-electron chi connectivity index (χ4n) is 4.00. The second-order valence-electron chi connectivity index (χ2n) is 7.65. The third-order valence-corrected chi connectivity index (χ3v) is 5.91. The van der Waals surface area contributed by atoms with Crippen LogP contribution >= 0.6 is 11.6 Å². The van der Waals surface area contributed by atoms with Gasteiger partial charge in [0.25, 0.3) is 0 Å². The number of carbonyl (C=O) groups is 1. The van der Waals surface area contributed by atoms with E-state index >= 15 is 0 Å². The van der Waals surface area contributed by atoms with Gasteiger partial charge in [0.2, 0.25) is 0 Å².